The first kappa shape index (κ1) is 14.2. The van der Waals surface area contributed by atoms with Crippen molar-refractivity contribution in [2.75, 3.05) is 0 Å². The molecular formula is C12H9Cl2F3N2. The molecule has 19 heavy (non-hydrogen) atoms. The summed E-state index contributed by atoms with van der Waals surface area (Å²) in [6.45, 7) is 1.46. The molecule has 0 fully saturated rings. The van der Waals surface area contributed by atoms with Crippen LogP contribution in [-0.2, 0) is 12.7 Å². The molecule has 0 unspecified atom stereocenters. The first-order valence-corrected chi connectivity index (χ1v) is 6.09. The number of halogens is 5. The number of rotatable bonds is 2. The van der Waals surface area contributed by atoms with Gasteiger partial charge in [-0.25, -0.2) is 4.68 Å². The first-order chi connectivity index (χ1) is 8.79. The molecule has 2 nitrogen and oxygen atoms in total. The zero-order valence-corrected chi connectivity index (χ0v) is 11.3. The van der Waals surface area contributed by atoms with Crippen LogP contribution in [0.25, 0.3) is 0 Å². The molecule has 1 heterocycles. The van der Waals surface area contributed by atoms with Gasteiger partial charge in [0.2, 0.25) is 0 Å². The Morgan fingerprint density at radius 2 is 1.74 bits per heavy atom. The Bertz CT molecular complexity index is 588. The average Bonchev–Trinajstić information content (AvgIpc) is 2.60. The molecule has 0 aliphatic carbocycles. The summed E-state index contributed by atoms with van der Waals surface area (Å²) in [6, 6.07) is 6.74. The minimum atomic E-state index is -4.50. The first-order valence-electron chi connectivity index (χ1n) is 5.33. The van der Waals surface area contributed by atoms with Gasteiger partial charge in [0.1, 0.15) is 5.15 Å². The van der Waals surface area contributed by atoms with Crippen molar-refractivity contribution in [1.82, 2.24) is 9.78 Å². The van der Waals surface area contributed by atoms with Crippen LogP contribution in [-0.4, -0.2) is 9.78 Å². The van der Waals surface area contributed by atoms with Crippen molar-refractivity contribution >= 4 is 23.2 Å². The third-order valence-electron chi connectivity index (χ3n) is 2.63. The predicted octanol–water partition coefficient (Wildman–Crippen LogP) is 4.57. The van der Waals surface area contributed by atoms with Crippen molar-refractivity contribution in [1.29, 1.82) is 0 Å². The average molecular weight is 309 g/mol. The summed E-state index contributed by atoms with van der Waals surface area (Å²) >= 11 is 11.6. The molecule has 0 saturated carbocycles. The fourth-order valence-electron chi connectivity index (χ4n) is 1.67. The lowest BCUT2D eigenvalue weighted by atomic mass is 10.2. The van der Waals surface area contributed by atoms with E-state index in [0.29, 0.717) is 5.02 Å². The highest BCUT2D eigenvalue weighted by Gasteiger charge is 2.37. The molecule has 1 aromatic heterocycles. The maximum absolute atomic E-state index is 12.7. The maximum Gasteiger partial charge on any atom is 0.435 e. The van der Waals surface area contributed by atoms with Crippen LogP contribution in [0.15, 0.2) is 24.3 Å². The van der Waals surface area contributed by atoms with Gasteiger partial charge in [-0.1, -0.05) is 35.3 Å². The molecule has 0 bridgehead atoms. The largest absolute Gasteiger partial charge is 0.435 e. The molecule has 0 N–H and O–H groups in total. The van der Waals surface area contributed by atoms with Crippen LogP contribution in [0.3, 0.4) is 0 Å². The van der Waals surface area contributed by atoms with E-state index in [4.69, 9.17) is 23.2 Å². The highest BCUT2D eigenvalue weighted by atomic mass is 35.5. The van der Waals surface area contributed by atoms with Crippen LogP contribution in [0.5, 0.6) is 0 Å². The third kappa shape index (κ3) is 3.04. The highest BCUT2D eigenvalue weighted by Crippen LogP contribution is 2.34. The van der Waals surface area contributed by atoms with E-state index in [9.17, 15) is 13.2 Å². The minimum absolute atomic E-state index is 0.0118. The second-order valence-electron chi connectivity index (χ2n) is 4.05. The lowest BCUT2D eigenvalue weighted by Gasteiger charge is -2.04. The van der Waals surface area contributed by atoms with Gasteiger partial charge in [0.05, 0.1) is 6.54 Å². The molecule has 0 radical (unpaired) electrons. The summed E-state index contributed by atoms with van der Waals surface area (Å²) in [6.07, 6.45) is -4.50. The van der Waals surface area contributed by atoms with E-state index in [2.05, 4.69) is 5.10 Å². The maximum atomic E-state index is 12.7. The second kappa shape index (κ2) is 5.06. The van der Waals surface area contributed by atoms with Crippen LogP contribution >= 0.6 is 23.2 Å². The fourth-order valence-corrected chi connectivity index (χ4v) is 1.98. The lowest BCUT2D eigenvalue weighted by molar-refractivity contribution is -0.141. The van der Waals surface area contributed by atoms with E-state index in [0.717, 1.165) is 10.2 Å². The van der Waals surface area contributed by atoms with Gasteiger partial charge in [0.25, 0.3) is 0 Å². The molecule has 102 valence electrons. The summed E-state index contributed by atoms with van der Waals surface area (Å²) in [7, 11) is 0. The molecule has 0 aliphatic rings. The normalized spacial score (nSPS) is 11.9. The topological polar surface area (TPSA) is 17.8 Å². The molecule has 1 aromatic carbocycles. The van der Waals surface area contributed by atoms with E-state index >= 15 is 0 Å². The Hall–Kier alpha value is -1.20. The molecule has 0 atom stereocenters. The zero-order valence-electron chi connectivity index (χ0n) is 9.80. The van der Waals surface area contributed by atoms with E-state index in [1.54, 1.807) is 24.3 Å². The van der Waals surface area contributed by atoms with E-state index in [-0.39, 0.29) is 17.3 Å². The fraction of sp³-hybridized carbons (Fsp3) is 0.250. The van der Waals surface area contributed by atoms with Gasteiger partial charge in [0, 0.05) is 10.6 Å². The van der Waals surface area contributed by atoms with Crippen molar-refractivity contribution in [2.24, 2.45) is 0 Å². The van der Waals surface area contributed by atoms with Crippen molar-refractivity contribution in [3.63, 3.8) is 0 Å². The van der Waals surface area contributed by atoms with Crippen molar-refractivity contribution in [3.8, 4) is 0 Å². The Balaban J connectivity index is 2.34. The molecule has 0 saturated heterocycles. The van der Waals surface area contributed by atoms with Crippen LogP contribution in [0.1, 0.15) is 16.8 Å². The van der Waals surface area contributed by atoms with Crippen LogP contribution in [0.2, 0.25) is 10.2 Å². The summed E-state index contributed by atoms with van der Waals surface area (Å²) in [5.41, 5.74) is -0.253. The molecule has 0 spiro atoms. The predicted molar refractivity (Wildman–Crippen MR) is 67.5 cm³/mol. The Morgan fingerprint density at radius 1 is 1.16 bits per heavy atom. The number of hydrogen-bond donors (Lipinski definition) is 0. The van der Waals surface area contributed by atoms with Gasteiger partial charge in [-0.05, 0) is 24.6 Å². The Kier molecular flexibility index (Phi) is 3.78. The van der Waals surface area contributed by atoms with E-state index in [1.165, 1.54) is 6.92 Å². The number of benzene rings is 1. The van der Waals surface area contributed by atoms with Gasteiger partial charge >= 0.3 is 6.18 Å². The van der Waals surface area contributed by atoms with Crippen LogP contribution < -0.4 is 0 Å². The minimum Gasteiger partial charge on any atom is -0.249 e. The van der Waals surface area contributed by atoms with Crippen LogP contribution in [0, 0.1) is 6.92 Å². The molecule has 7 heteroatoms. The van der Waals surface area contributed by atoms with Gasteiger partial charge in [-0.15, -0.1) is 0 Å². The lowest BCUT2D eigenvalue weighted by Crippen LogP contribution is -2.09. The Labute approximate surface area is 117 Å². The summed E-state index contributed by atoms with van der Waals surface area (Å²) < 4.78 is 39.2. The second-order valence-corrected chi connectivity index (χ2v) is 4.84. The summed E-state index contributed by atoms with van der Waals surface area (Å²) in [5, 5.41) is 4.07. The Morgan fingerprint density at radius 3 is 2.21 bits per heavy atom. The van der Waals surface area contributed by atoms with E-state index in [1.807, 2.05) is 0 Å². The standard InChI is InChI=1S/C12H9Cl2F3N2/c1-7-10(12(15,16)17)18-19(11(7)14)6-8-2-4-9(13)5-3-8/h2-5H,6H2,1H3. The van der Waals surface area contributed by atoms with Gasteiger partial charge in [-0.2, -0.15) is 18.3 Å². The van der Waals surface area contributed by atoms with Crippen LogP contribution in [0.4, 0.5) is 13.2 Å². The van der Waals surface area contributed by atoms with Crippen molar-refractivity contribution in [2.45, 2.75) is 19.6 Å². The van der Waals surface area contributed by atoms with Crippen molar-refractivity contribution in [3.05, 3.63) is 51.3 Å². The van der Waals surface area contributed by atoms with Gasteiger partial charge < -0.3 is 0 Å². The number of aromatic nitrogens is 2. The van der Waals surface area contributed by atoms with E-state index < -0.39 is 11.9 Å². The molecule has 2 rings (SSSR count). The highest BCUT2D eigenvalue weighted by molar-refractivity contribution is 6.30. The van der Waals surface area contributed by atoms with Gasteiger partial charge in [0.15, 0.2) is 5.69 Å². The third-order valence-corrected chi connectivity index (χ3v) is 3.36. The quantitative estimate of drug-likeness (QED) is 0.795. The molecule has 2 aromatic rings. The monoisotopic (exact) mass is 308 g/mol. The molecule has 0 amide bonds. The number of alkyl halides is 3. The van der Waals surface area contributed by atoms with Crippen molar-refractivity contribution < 1.29 is 13.2 Å². The van der Waals surface area contributed by atoms with Gasteiger partial charge in [-0.3, -0.25) is 0 Å². The number of nitrogens with zero attached hydrogens (tertiary/aromatic N) is 2. The number of hydrogen-bond acceptors (Lipinski definition) is 1. The summed E-state index contributed by atoms with van der Waals surface area (Å²) in [5.74, 6) is 0. The zero-order chi connectivity index (χ0) is 14.2. The summed E-state index contributed by atoms with van der Waals surface area (Å²) in [4.78, 5) is 0. The SMILES string of the molecule is Cc1c(C(F)(F)F)nn(Cc2ccc(Cl)cc2)c1Cl. The molecule has 0 aliphatic heterocycles. The molecular weight excluding hydrogens is 300 g/mol. The smallest absolute Gasteiger partial charge is 0.249 e.